The van der Waals surface area contributed by atoms with Crippen molar-refractivity contribution in [2.75, 3.05) is 0 Å². The van der Waals surface area contributed by atoms with Gasteiger partial charge in [0.05, 0.1) is 14.1 Å². The number of hydrogen-bond acceptors (Lipinski definition) is 4. The molecule has 2 heterocycles. The molecule has 11 heteroatoms. The maximum Gasteiger partial charge on any atom is 0.230 e. The van der Waals surface area contributed by atoms with Gasteiger partial charge in [-0.15, -0.1) is 9.36 Å². The van der Waals surface area contributed by atoms with Crippen molar-refractivity contribution in [2.45, 2.75) is 0 Å². The Balaban J connectivity index is 0.000000296. The van der Waals surface area contributed by atoms with E-state index in [1.54, 1.807) is 46.9 Å². The molecule has 2 aromatic heterocycles. The first kappa shape index (κ1) is 19.1. The number of halogens is 2. The minimum Gasteiger partial charge on any atom is -0.759 e. The minimum absolute atomic E-state index is 0.199. The van der Waals surface area contributed by atoms with Gasteiger partial charge in [0.15, 0.2) is 14.1 Å². The van der Waals surface area contributed by atoms with E-state index < -0.39 is 10.4 Å². The van der Waals surface area contributed by atoms with Gasteiger partial charge in [-0.2, -0.15) is 18.1 Å². The second-order valence-electron chi connectivity index (χ2n) is 3.99. The topological polar surface area (TPSA) is 97.9 Å². The van der Waals surface area contributed by atoms with Gasteiger partial charge in [-0.05, 0) is 0 Å². The van der Waals surface area contributed by atoms with Crippen LogP contribution < -0.4 is 9.36 Å². The van der Waals surface area contributed by atoms with E-state index in [0.29, 0.717) is 0 Å². The molecule has 0 bridgehead atoms. The van der Waals surface area contributed by atoms with Crippen LogP contribution in [0.25, 0.3) is 0 Å². The van der Waals surface area contributed by atoms with Crippen molar-refractivity contribution < 1.29 is 35.7 Å². The molecule has 8 nitrogen and oxygen atoms in total. The van der Waals surface area contributed by atoms with Crippen LogP contribution in [0.1, 0.15) is 0 Å². The highest BCUT2D eigenvalue weighted by Gasteiger charge is 2.02. The van der Waals surface area contributed by atoms with Crippen LogP contribution in [0.3, 0.4) is 0 Å². The van der Waals surface area contributed by atoms with Crippen molar-refractivity contribution in [1.82, 2.24) is 9.36 Å². The van der Waals surface area contributed by atoms with Crippen LogP contribution >= 0.6 is 0 Å². The Morgan fingerprint density at radius 3 is 1.24 bits per heavy atom. The van der Waals surface area contributed by atoms with E-state index in [9.17, 15) is 8.78 Å². The summed E-state index contributed by atoms with van der Waals surface area (Å²) in [6, 6.07) is 0. The molecule has 0 atom stereocenters. The van der Waals surface area contributed by atoms with Crippen LogP contribution in [0.2, 0.25) is 0 Å². The summed E-state index contributed by atoms with van der Waals surface area (Å²) in [5.74, 6) is -0.398. The molecular formula is C10H16F2N4O4S. The molecule has 0 saturated heterocycles. The summed E-state index contributed by atoms with van der Waals surface area (Å²) in [4.78, 5) is 0. The van der Waals surface area contributed by atoms with Crippen LogP contribution in [-0.2, 0) is 38.6 Å². The smallest absolute Gasteiger partial charge is 0.230 e. The Morgan fingerprint density at radius 2 is 1.19 bits per heavy atom. The lowest BCUT2D eigenvalue weighted by atomic mass is 10.7. The molecule has 0 spiro atoms. The SMILES string of the molecule is Cn1cc(F)c[n+]1C.Cn1cc(F)c[n+]1C.O=S(=O)([O-])[O-]. The van der Waals surface area contributed by atoms with Crippen molar-refractivity contribution in [1.29, 1.82) is 0 Å². The molecule has 2 aromatic rings. The van der Waals surface area contributed by atoms with Gasteiger partial charge in [0, 0.05) is 10.4 Å². The molecule has 0 radical (unpaired) electrons. The van der Waals surface area contributed by atoms with E-state index >= 15 is 0 Å². The van der Waals surface area contributed by atoms with Gasteiger partial charge < -0.3 is 9.11 Å². The summed E-state index contributed by atoms with van der Waals surface area (Å²) in [6.07, 6.45) is 5.67. The molecule has 0 aromatic carbocycles. The van der Waals surface area contributed by atoms with Crippen LogP contribution in [0, 0.1) is 11.6 Å². The second kappa shape index (κ2) is 7.81. The summed E-state index contributed by atoms with van der Waals surface area (Å²) in [5, 5.41) is 0. The first-order chi connectivity index (χ1) is 9.40. The van der Waals surface area contributed by atoms with Crippen LogP contribution in [0.4, 0.5) is 8.78 Å². The third-order valence-corrected chi connectivity index (χ3v) is 2.24. The fraction of sp³-hybridized carbons (Fsp3) is 0.400. The molecule has 2 rings (SSSR count). The first-order valence-corrected chi connectivity index (χ1v) is 6.75. The zero-order chi connectivity index (χ0) is 16.8. The third kappa shape index (κ3) is 9.65. The van der Waals surface area contributed by atoms with E-state index in [0.717, 1.165) is 0 Å². The zero-order valence-corrected chi connectivity index (χ0v) is 12.7. The summed E-state index contributed by atoms with van der Waals surface area (Å²) in [6.45, 7) is 0. The van der Waals surface area contributed by atoms with Gasteiger partial charge in [0.1, 0.15) is 12.4 Å². The van der Waals surface area contributed by atoms with Gasteiger partial charge in [-0.25, -0.2) is 0 Å². The van der Waals surface area contributed by atoms with Gasteiger partial charge in [0.25, 0.3) is 0 Å². The lowest BCUT2D eigenvalue weighted by Crippen LogP contribution is -2.35. The normalized spacial score (nSPS) is 10.3. The third-order valence-electron chi connectivity index (χ3n) is 2.24. The number of rotatable bonds is 0. The van der Waals surface area contributed by atoms with Gasteiger partial charge >= 0.3 is 0 Å². The minimum atomic E-state index is -5.17. The summed E-state index contributed by atoms with van der Waals surface area (Å²) < 4.78 is 65.0. The van der Waals surface area contributed by atoms with Crippen molar-refractivity contribution in [3.63, 3.8) is 0 Å². The Kier molecular flexibility index (Phi) is 7.12. The summed E-state index contributed by atoms with van der Waals surface area (Å²) in [7, 11) is 1.96. The molecule has 0 amide bonds. The number of hydrogen-bond donors (Lipinski definition) is 0. The molecule has 0 fully saturated rings. The van der Waals surface area contributed by atoms with E-state index in [-0.39, 0.29) is 11.6 Å². The van der Waals surface area contributed by atoms with Crippen LogP contribution in [-0.4, -0.2) is 26.9 Å². The maximum absolute atomic E-state index is 12.1. The molecule has 0 aliphatic heterocycles. The molecule has 0 aliphatic carbocycles. The summed E-state index contributed by atoms with van der Waals surface area (Å²) >= 11 is 0. The first-order valence-electron chi connectivity index (χ1n) is 5.42. The van der Waals surface area contributed by atoms with Crippen LogP contribution in [0.15, 0.2) is 24.8 Å². The predicted octanol–water partition coefficient (Wildman–Crippen LogP) is -1.36. The molecule has 0 unspecified atom stereocenters. The zero-order valence-electron chi connectivity index (χ0n) is 11.9. The van der Waals surface area contributed by atoms with E-state index in [4.69, 9.17) is 17.5 Å². The average Bonchev–Trinajstić information content (AvgIpc) is 2.68. The average molecular weight is 326 g/mol. The standard InChI is InChI=1S/2C5H8FN2.H2O4S/c2*1-7-3-5(6)4-8(7)2;1-5(2,3)4/h2*3-4H,1-2H3;(H2,1,2,3,4)/q2*+1;/p-2. The monoisotopic (exact) mass is 326 g/mol. The Hall–Kier alpha value is -1.85. The molecule has 0 saturated carbocycles. The highest BCUT2D eigenvalue weighted by molar-refractivity contribution is 7.79. The molecule has 0 aliphatic rings. The van der Waals surface area contributed by atoms with Gasteiger partial charge in [-0.1, -0.05) is 0 Å². The molecular weight excluding hydrogens is 310 g/mol. The quantitative estimate of drug-likeness (QED) is 0.339. The second-order valence-corrected chi connectivity index (χ2v) is 4.81. The van der Waals surface area contributed by atoms with Gasteiger partial charge in [0.2, 0.25) is 24.0 Å². The molecule has 0 N–H and O–H groups in total. The van der Waals surface area contributed by atoms with Gasteiger partial charge in [-0.3, -0.25) is 8.42 Å². The van der Waals surface area contributed by atoms with Crippen molar-refractivity contribution in [2.24, 2.45) is 28.2 Å². The lowest BCUT2D eigenvalue weighted by molar-refractivity contribution is -0.751. The van der Waals surface area contributed by atoms with Crippen molar-refractivity contribution in [3.8, 4) is 0 Å². The van der Waals surface area contributed by atoms with E-state index in [1.807, 2.05) is 0 Å². The highest BCUT2D eigenvalue weighted by atomic mass is 32.3. The number of aryl methyl sites for hydroxylation is 4. The summed E-state index contributed by atoms with van der Waals surface area (Å²) in [5.41, 5.74) is 0. The Bertz CT molecular complexity index is 590. The van der Waals surface area contributed by atoms with E-state index in [1.165, 1.54) is 24.8 Å². The predicted molar refractivity (Wildman–Crippen MR) is 63.6 cm³/mol. The fourth-order valence-electron chi connectivity index (χ4n) is 1.14. The molecule has 21 heavy (non-hydrogen) atoms. The van der Waals surface area contributed by atoms with Crippen molar-refractivity contribution >= 4 is 10.4 Å². The number of nitrogens with zero attached hydrogens (tertiary/aromatic N) is 4. The fourth-order valence-corrected chi connectivity index (χ4v) is 1.14. The highest BCUT2D eigenvalue weighted by Crippen LogP contribution is 1.87. The van der Waals surface area contributed by atoms with Crippen molar-refractivity contribution in [3.05, 3.63) is 36.4 Å². The van der Waals surface area contributed by atoms with Crippen LogP contribution in [0.5, 0.6) is 0 Å². The van der Waals surface area contributed by atoms with E-state index in [2.05, 4.69) is 0 Å². The maximum atomic E-state index is 12.1. The molecule has 120 valence electrons. The lowest BCUT2D eigenvalue weighted by Gasteiger charge is -2.06. The Morgan fingerprint density at radius 1 is 0.952 bits per heavy atom. The number of aromatic nitrogens is 4. The Labute approximate surface area is 121 Å². The largest absolute Gasteiger partial charge is 0.759 e.